The number of hydrogen-bond acceptors (Lipinski definition) is 4. The predicted molar refractivity (Wildman–Crippen MR) is 46.8 cm³/mol. The fraction of sp³-hybridized carbons (Fsp3) is 0.222. The van der Waals surface area contributed by atoms with Gasteiger partial charge in [0.15, 0.2) is 6.61 Å². The van der Waals surface area contributed by atoms with Gasteiger partial charge in [-0.1, -0.05) is 0 Å². The van der Waals surface area contributed by atoms with Crippen molar-refractivity contribution >= 4 is 5.97 Å². The van der Waals surface area contributed by atoms with E-state index in [0.717, 1.165) is 0 Å². The Kier molecular flexibility index (Phi) is 3.02. The Morgan fingerprint density at radius 2 is 2.43 bits per heavy atom. The van der Waals surface area contributed by atoms with Gasteiger partial charge in [-0.05, 0) is 6.92 Å². The highest BCUT2D eigenvalue weighted by molar-refractivity contribution is 5.68. The summed E-state index contributed by atoms with van der Waals surface area (Å²) < 4.78 is 4.90. The van der Waals surface area contributed by atoms with Gasteiger partial charge in [-0.3, -0.25) is 0 Å². The number of aromatic nitrogens is 1. The minimum atomic E-state index is -1.06. The van der Waals surface area contributed by atoms with Crippen LogP contribution in [0.15, 0.2) is 12.1 Å². The largest absolute Gasteiger partial charge is 0.482 e. The van der Waals surface area contributed by atoms with Crippen molar-refractivity contribution in [2.75, 3.05) is 6.61 Å². The third-order valence-electron chi connectivity index (χ3n) is 1.40. The molecule has 1 aromatic heterocycles. The highest BCUT2D eigenvalue weighted by atomic mass is 16.5. The lowest BCUT2D eigenvalue weighted by Crippen LogP contribution is -2.09. The molecule has 14 heavy (non-hydrogen) atoms. The van der Waals surface area contributed by atoms with Crippen LogP contribution in [0, 0.1) is 18.3 Å². The third-order valence-corrected chi connectivity index (χ3v) is 1.40. The second-order valence-corrected chi connectivity index (χ2v) is 2.62. The van der Waals surface area contributed by atoms with Crippen LogP contribution in [-0.2, 0) is 4.79 Å². The van der Waals surface area contributed by atoms with Crippen molar-refractivity contribution in [1.82, 2.24) is 4.98 Å². The highest BCUT2D eigenvalue weighted by Crippen LogP contribution is 2.13. The summed E-state index contributed by atoms with van der Waals surface area (Å²) in [6.07, 6.45) is 0. The molecule has 1 aromatic rings. The lowest BCUT2D eigenvalue weighted by molar-refractivity contribution is -0.139. The molecule has 0 aromatic carbocycles. The van der Waals surface area contributed by atoms with E-state index in [4.69, 9.17) is 15.1 Å². The van der Waals surface area contributed by atoms with Gasteiger partial charge in [0.25, 0.3) is 0 Å². The minimum Gasteiger partial charge on any atom is -0.482 e. The first kappa shape index (κ1) is 9.99. The first-order valence-electron chi connectivity index (χ1n) is 3.85. The maximum Gasteiger partial charge on any atom is 0.341 e. The molecule has 0 amide bonds. The van der Waals surface area contributed by atoms with Crippen molar-refractivity contribution in [3.63, 3.8) is 0 Å². The molecule has 5 heteroatoms. The van der Waals surface area contributed by atoms with Gasteiger partial charge in [-0.2, -0.15) is 5.26 Å². The number of carbonyl (C=O) groups is 1. The Morgan fingerprint density at radius 3 is 3.00 bits per heavy atom. The van der Waals surface area contributed by atoms with Crippen molar-refractivity contribution in [1.29, 1.82) is 5.26 Å². The van der Waals surface area contributed by atoms with Crippen LogP contribution < -0.4 is 4.74 Å². The zero-order valence-corrected chi connectivity index (χ0v) is 7.52. The Hall–Kier alpha value is -2.09. The van der Waals surface area contributed by atoms with Gasteiger partial charge in [-0.25, -0.2) is 9.78 Å². The molecule has 0 aliphatic rings. The van der Waals surface area contributed by atoms with Crippen molar-refractivity contribution in [3.05, 3.63) is 23.5 Å². The van der Waals surface area contributed by atoms with Gasteiger partial charge in [-0.15, -0.1) is 0 Å². The molecular weight excluding hydrogens is 184 g/mol. The van der Waals surface area contributed by atoms with Gasteiger partial charge >= 0.3 is 5.97 Å². The molecule has 0 atom stereocenters. The summed E-state index contributed by atoms with van der Waals surface area (Å²) >= 11 is 0. The maximum atomic E-state index is 10.2. The molecule has 72 valence electrons. The fourth-order valence-electron chi connectivity index (χ4n) is 0.923. The molecule has 0 aliphatic carbocycles. The number of nitriles is 1. The van der Waals surface area contributed by atoms with Crippen molar-refractivity contribution in [3.8, 4) is 11.8 Å². The number of rotatable bonds is 3. The average molecular weight is 192 g/mol. The molecule has 1 heterocycles. The molecule has 0 bridgehead atoms. The maximum absolute atomic E-state index is 10.2. The van der Waals surface area contributed by atoms with Gasteiger partial charge in [0.05, 0.1) is 0 Å². The first-order chi connectivity index (χ1) is 6.61. The van der Waals surface area contributed by atoms with Crippen molar-refractivity contribution in [2.24, 2.45) is 0 Å². The molecule has 0 fully saturated rings. The predicted octanol–water partition coefficient (Wildman–Crippen LogP) is 0.725. The van der Waals surface area contributed by atoms with Crippen molar-refractivity contribution < 1.29 is 14.6 Å². The number of carboxylic acids is 1. The van der Waals surface area contributed by atoms with Crippen LogP contribution in [-0.4, -0.2) is 22.7 Å². The van der Waals surface area contributed by atoms with Crippen LogP contribution in [0.5, 0.6) is 5.75 Å². The molecule has 1 N–H and O–H groups in total. The second-order valence-electron chi connectivity index (χ2n) is 2.62. The van der Waals surface area contributed by atoms with Crippen LogP contribution >= 0.6 is 0 Å². The van der Waals surface area contributed by atoms with E-state index in [-0.39, 0.29) is 5.69 Å². The molecule has 5 nitrogen and oxygen atoms in total. The van der Waals surface area contributed by atoms with E-state index in [2.05, 4.69) is 4.98 Å². The fourth-order valence-corrected chi connectivity index (χ4v) is 0.923. The summed E-state index contributed by atoms with van der Waals surface area (Å²) in [5, 5.41) is 16.9. The van der Waals surface area contributed by atoms with Crippen LogP contribution in [0.3, 0.4) is 0 Å². The van der Waals surface area contributed by atoms with E-state index >= 15 is 0 Å². The molecule has 1 rings (SSSR count). The zero-order chi connectivity index (χ0) is 10.6. The number of nitrogens with zero attached hydrogens (tertiary/aromatic N) is 2. The number of hydrogen-bond donors (Lipinski definition) is 1. The molecule has 0 aliphatic heterocycles. The minimum absolute atomic E-state index is 0.213. The number of aryl methyl sites for hydroxylation is 1. The summed E-state index contributed by atoms with van der Waals surface area (Å²) in [6.45, 7) is 1.28. The van der Waals surface area contributed by atoms with Gasteiger partial charge in [0, 0.05) is 17.8 Å². The van der Waals surface area contributed by atoms with E-state index in [1.54, 1.807) is 13.0 Å². The Balaban J connectivity index is 2.82. The SMILES string of the molecule is Cc1cc(OCC(=O)O)cc(C#N)n1. The Bertz CT molecular complexity index is 396. The average Bonchev–Trinajstić information content (AvgIpc) is 2.14. The molecule has 0 unspecified atom stereocenters. The third kappa shape index (κ3) is 2.75. The number of ether oxygens (including phenoxy) is 1. The van der Waals surface area contributed by atoms with Gasteiger partial charge in [0.1, 0.15) is 17.5 Å². The van der Waals surface area contributed by atoms with E-state index in [1.807, 2.05) is 6.07 Å². The van der Waals surface area contributed by atoms with Gasteiger partial charge < -0.3 is 9.84 Å². The lowest BCUT2D eigenvalue weighted by Gasteiger charge is -2.03. The van der Waals surface area contributed by atoms with Crippen molar-refractivity contribution in [2.45, 2.75) is 6.92 Å². The van der Waals surface area contributed by atoms with Gasteiger partial charge in [0.2, 0.25) is 0 Å². The van der Waals surface area contributed by atoms with Crippen LogP contribution in [0.1, 0.15) is 11.4 Å². The molecule has 0 spiro atoms. The van der Waals surface area contributed by atoms with Crippen LogP contribution in [0.25, 0.3) is 0 Å². The number of carboxylic acid groups (broad SMARTS) is 1. The van der Waals surface area contributed by atoms with E-state index < -0.39 is 12.6 Å². The summed E-state index contributed by atoms with van der Waals surface area (Å²) in [7, 11) is 0. The topological polar surface area (TPSA) is 83.2 Å². The molecule has 0 saturated heterocycles. The number of pyridine rings is 1. The smallest absolute Gasteiger partial charge is 0.341 e. The number of aliphatic carboxylic acids is 1. The van der Waals surface area contributed by atoms with Crippen LogP contribution in [0.2, 0.25) is 0 Å². The monoisotopic (exact) mass is 192 g/mol. The van der Waals surface area contributed by atoms with E-state index in [1.165, 1.54) is 6.07 Å². The first-order valence-corrected chi connectivity index (χ1v) is 3.85. The molecule has 0 radical (unpaired) electrons. The Morgan fingerprint density at radius 1 is 1.71 bits per heavy atom. The van der Waals surface area contributed by atoms with Crippen LogP contribution in [0.4, 0.5) is 0 Å². The summed E-state index contributed by atoms with van der Waals surface area (Å²) in [5.41, 5.74) is 0.829. The zero-order valence-electron chi connectivity index (χ0n) is 7.52. The second kappa shape index (κ2) is 4.23. The normalized spacial score (nSPS) is 9.14. The highest BCUT2D eigenvalue weighted by Gasteiger charge is 2.02. The van der Waals surface area contributed by atoms with E-state index in [0.29, 0.717) is 11.4 Å². The molecular formula is C9H8N2O3. The molecule has 0 saturated carbocycles. The standard InChI is InChI=1S/C9H8N2O3/c1-6-2-8(14-5-9(12)13)3-7(4-10)11-6/h2-3H,5H2,1H3,(H,12,13). The van der Waals surface area contributed by atoms with E-state index in [9.17, 15) is 4.79 Å². The summed E-state index contributed by atoms with van der Waals surface area (Å²) in [6, 6.07) is 4.83. The quantitative estimate of drug-likeness (QED) is 0.763. The Labute approximate surface area is 80.6 Å². The lowest BCUT2D eigenvalue weighted by atomic mass is 10.3. The summed E-state index contributed by atoms with van der Waals surface area (Å²) in [4.78, 5) is 14.1. The summed E-state index contributed by atoms with van der Waals surface area (Å²) in [5.74, 6) is -0.713.